The lowest BCUT2D eigenvalue weighted by atomic mass is 10.2. The number of anilines is 2. The number of nitrogens with one attached hydrogen (secondary N) is 1. The number of aliphatic hydroxyl groups excluding tert-OH is 1. The van der Waals surface area contributed by atoms with Gasteiger partial charge in [0, 0.05) is 32.7 Å². The van der Waals surface area contributed by atoms with Crippen LogP contribution in [0, 0.1) is 0 Å². The highest BCUT2D eigenvalue weighted by Crippen LogP contribution is 2.24. The highest BCUT2D eigenvalue weighted by atomic mass is 32.2. The summed E-state index contributed by atoms with van der Waals surface area (Å²) in [5, 5.41) is 12.6. The van der Waals surface area contributed by atoms with Crippen LogP contribution in [-0.4, -0.2) is 73.4 Å². The molecule has 1 aromatic heterocycles. The van der Waals surface area contributed by atoms with E-state index >= 15 is 0 Å². The van der Waals surface area contributed by atoms with Crippen LogP contribution in [0.4, 0.5) is 11.6 Å². The Morgan fingerprint density at radius 3 is 2.96 bits per heavy atom. The van der Waals surface area contributed by atoms with Crippen molar-refractivity contribution in [3.63, 3.8) is 0 Å². The molecule has 1 aliphatic heterocycles. The maximum absolute atomic E-state index is 11.3. The highest BCUT2D eigenvalue weighted by Gasteiger charge is 2.25. The van der Waals surface area contributed by atoms with E-state index in [1.165, 1.54) is 16.9 Å². The first-order valence-electron chi connectivity index (χ1n) is 7.76. The number of nitrogens with zero attached hydrogens (tertiary/aromatic N) is 4. The largest absolute Gasteiger partial charge is 0.394 e. The molecule has 1 atom stereocenters. The minimum atomic E-state index is -3.13. The summed E-state index contributed by atoms with van der Waals surface area (Å²) in [7, 11) is -1.56. The minimum absolute atomic E-state index is 0.126. The van der Waals surface area contributed by atoms with Crippen molar-refractivity contribution in [1.29, 1.82) is 0 Å². The molecule has 0 aromatic carbocycles. The molecular weight excluding hydrogens is 318 g/mol. The second-order valence-electron chi connectivity index (χ2n) is 5.80. The Kier molecular flexibility index (Phi) is 6.14. The van der Waals surface area contributed by atoms with Crippen LogP contribution >= 0.6 is 0 Å². The van der Waals surface area contributed by atoms with E-state index in [2.05, 4.69) is 20.2 Å². The minimum Gasteiger partial charge on any atom is -0.394 e. The fraction of sp³-hybridized carbons (Fsp3) is 0.714. The van der Waals surface area contributed by atoms with Crippen LogP contribution in [0.15, 0.2) is 12.4 Å². The monoisotopic (exact) mass is 343 g/mol. The number of aliphatic hydroxyl groups is 1. The Morgan fingerprint density at radius 2 is 2.26 bits per heavy atom. The summed E-state index contributed by atoms with van der Waals surface area (Å²) in [4.78, 5) is 10.6. The number of aromatic nitrogens is 2. The van der Waals surface area contributed by atoms with Crippen molar-refractivity contribution >= 4 is 21.7 Å². The highest BCUT2D eigenvalue weighted by molar-refractivity contribution is 7.88. The van der Waals surface area contributed by atoms with Crippen LogP contribution in [-0.2, 0) is 10.0 Å². The molecule has 1 aromatic rings. The van der Waals surface area contributed by atoms with Crippen LogP contribution in [0.25, 0.3) is 0 Å². The molecule has 9 heteroatoms. The first-order chi connectivity index (χ1) is 10.9. The second kappa shape index (κ2) is 7.89. The number of sulfonamides is 1. The Morgan fingerprint density at radius 1 is 1.48 bits per heavy atom. The average molecular weight is 343 g/mol. The molecule has 1 saturated heterocycles. The topological polar surface area (TPSA) is 98.7 Å². The molecule has 23 heavy (non-hydrogen) atoms. The normalized spacial score (nSPS) is 18.6. The molecule has 130 valence electrons. The lowest BCUT2D eigenvalue weighted by molar-refractivity contribution is 0.266. The molecule has 0 amide bonds. The first kappa shape index (κ1) is 17.9. The van der Waals surface area contributed by atoms with Crippen molar-refractivity contribution in [2.45, 2.75) is 25.3 Å². The van der Waals surface area contributed by atoms with Gasteiger partial charge in [-0.25, -0.2) is 22.7 Å². The number of hydrogen-bond acceptors (Lipinski definition) is 7. The van der Waals surface area contributed by atoms with E-state index < -0.39 is 10.0 Å². The van der Waals surface area contributed by atoms with E-state index in [1.54, 1.807) is 7.05 Å². The Hall–Kier alpha value is -1.45. The van der Waals surface area contributed by atoms with Crippen molar-refractivity contribution in [2.75, 3.05) is 49.8 Å². The van der Waals surface area contributed by atoms with Gasteiger partial charge in [0.15, 0.2) is 0 Å². The second-order valence-corrected chi connectivity index (χ2v) is 7.89. The van der Waals surface area contributed by atoms with Gasteiger partial charge in [0.05, 0.1) is 18.9 Å². The van der Waals surface area contributed by atoms with Crippen molar-refractivity contribution in [2.24, 2.45) is 0 Å². The lowest BCUT2D eigenvalue weighted by Crippen LogP contribution is -2.32. The molecule has 1 aliphatic rings. The van der Waals surface area contributed by atoms with Crippen LogP contribution < -0.4 is 10.2 Å². The molecule has 0 spiro atoms. The summed E-state index contributed by atoms with van der Waals surface area (Å²) in [5.41, 5.74) is 0. The van der Waals surface area contributed by atoms with Gasteiger partial charge >= 0.3 is 0 Å². The Bertz CT molecular complexity index is 610. The van der Waals surface area contributed by atoms with E-state index in [0.717, 1.165) is 25.2 Å². The van der Waals surface area contributed by atoms with Gasteiger partial charge in [0.1, 0.15) is 18.0 Å². The van der Waals surface area contributed by atoms with Crippen molar-refractivity contribution in [1.82, 2.24) is 14.3 Å². The van der Waals surface area contributed by atoms with Crippen LogP contribution in [0.3, 0.4) is 0 Å². The van der Waals surface area contributed by atoms with E-state index in [-0.39, 0.29) is 12.6 Å². The third-order valence-corrected chi connectivity index (χ3v) is 5.37. The standard InChI is InChI=1S/C14H25N5O3S/c1-18(23(2,21)22)7-4-6-15-13-9-14(17-11-16-13)19-8-3-5-12(19)10-20/h9,11-12,20H,3-8,10H2,1-2H3,(H,15,16,17)/t12-/m1/s1. The molecule has 2 heterocycles. The summed E-state index contributed by atoms with van der Waals surface area (Å²) in [6, 6.07) is 2.00. The first-order valence-corrected chi connectivity index (χ1v) is 9.61. The molecule has 0 unspecified atom stereocenters. The van der Waals surface area contributed by atoms with Gasteiger partial charge in [-0.1, -0.05) is 0 Å². The quantitative estimate of drug-likeness (QED) is 0.647. The van der Waals surface area contributed by atoms with Crippen molar-refractivity contribution in [3.05, 3.63) is 12.4 Å². The SMILES string of the molecule is CN(CCCNc1cc(N2CCC[C@@H]2CO)ncn1)S(C)(=O)=O. The Balaban J connectivity index is 1.86. The van der Waals surface area contributed by atoms with Gasteiger partial charge in [0.25, 0.3) is 0 Å². The molecule has 8 nitrogen and oxygen atoms in total. The predicted octanol–water partition coefficient (Wildman–Crippen LogP) is 0.131. The molecule has 0 saturated carbocycles. The zero-order valence-electron chi connectivity index (χ0n) is 13.6. The third kappa shape index (κ3) is 5.02. The smallest absolute Gasteiger partial charge is 0.210 e. The van der Waals surface area contributed by atoms with E-state index in [9.17, 15) is 13.5 Å². The van der Waals surface area contributed by atoms with Gasteiger partial charge in [-0.15, -0.1) is 0 Å². The number of rotatable bonds is 8. The van der Waals surface area contributed by atoms with Crippen molar-refractivity contribution in [3.8, 4) is 0 Å². The summed E-state index contributed by atoms with van der Waals surface area (Å²) in [6.07, 6.45) is 5.42. The van der Waals surface area contributed by atoms with Crippen LogP contribution in [0.2, 0.25) is 0 Å². The van der Waals surface area contributed by atoms with Gasteiger partial charge < -0.3 is 15.3 Å². The molecule has 0 radical (unpaired) electrons. The van der Waals surface area contributed by atoms with Crippen molar-refractivity contribution < 1.29 is 13.5 Å². The fourth-order valence-electron chi connectivity index (χ4n) is 2.61. The fourth-order valence-corrected chi connectivity index (χ4v) is 3.07. The summed E-state index contributed by atoms with van der Waals surface area (Å²) in [5.74, 6) is 1.52. The van der Waals surface area contributed by atoms with E-state index in [0.29, 0.717) is 25.3 Å². The molecule has 2 N–H and O–H groups in total. The van der Waals surface area contributed by atoms with Crippen LogP contribution in [0.5, 0.6) is 0 Å². The maximum Gasteiger partial charge on any atom is 0.210 e. The molecule has 1 fully saturated rings. The summed E-state index contributed by atoms with van der Waals surface area (Å²) in [6.45, 7) is 2.10. The lowest BCUT2D eigenvalue weighted by Gasteiger charge is -2.24. The van der Waals surface area contributed by atoms with Gasteiger partial charge in [-0.3, -0.25) is 0 Å². The van der Waals surface area contributed by atoms with Crippen LogP contribution in [0.1, 0.15) is 19.3 Å². The van der Waals surface area contributed by atoms with E-state index in [1.807, 2.05) is 6.07 Å². The maximum atomic E-state index is 11.3. The molecule has 2 rings (SSSR count). The zero-order chi connectivity index (χ0) is 16.9. The third-order valence-electron chi connectivity index (χ3n) is 4.06. The number of hydrogen-bond donors (Lipinski definition) is 2. The Labute approximate surface area is 137 Å². The van der Waals surface area contributed by atoms with E-state index in [4.69, 9.17) is 0 Å². The summed E-state index contributed by atoms with van der Waals surface area (Å²) >= 11 is 0. The summed E-state index contributed by atoms with van der Waals surface area (Å²) < 4.78 is 23.9. The van der Waals surface area contributed by atoms with Gasteiger partial charge in [0.2, 0.25) is 10.0 Å². The average Bonchev–Trinajstić information content (AvgIpc) is 2.99. The molecule has 0 bridgehead atoms. The molecule has 0 aliphatic carbocycles. The molecular formula is C14H25N5O3S. The predicted molar refractivity (Wildman–Crippen MR) is 90.1 cm³/mol. The van der Waals surface area contributed by atoms with Gasteiger partial charge in [-0.2, -0.15) is 0 Å². The van der Waals surface area contributed by atoms with Gasteiger partial charge in [-0.05, 0) is 19.3 Å². The zero-order valence-corrected chi connectivity index (χ0v) is 14.5.